The molecule has 12 nitrogen and oxygen atoms in total. The maximum Gasteiger partial charge on any atom is 0.246 e. The fourth-order valence-electron chi connectivity index (χ4n) is 9.52. The summed E-state index contributed by atoms with van der Waals surface area (Å²) in [5.41, 5.74) is 10.3. The molecule has 7 N–H and O–H groups in total. The predicted molar refractivity (Wildman–Crippen MR) is 256 cm³/mol. The lowest BCUT2D eigenvalue weighted by atomic mass is 9.83. The number of carbonyl (C=O) groups is 5. The van der Waals surface area contributed by atoms with Gasteiger partial charge in [-0.3, -0.25) is 24.0 Å². The molecule has 1 aliphatic carbocycles. The molecule has 1 saturated heterocycles. The van der Waals surface area contributed by atoms with Crippen LogP contribution < -0.4 is 32.3 Å². The van der Waals surface area contributed by atoms with Crippen LogP contribution in [0.1, 0.15) is 112 Å². The first-order valence-electron chi connectivity index (χ1n) is 23.8. The second-order valence-corrected chi connectivity index (χ2v) is 17.7. The second-order valence-electron chi connectivity index (χ2n) is 17.7. The van der Waals surface area contributed by atoms with Gasteiger partial charge in [-0.15, -0.1) is 0 Å². The summed E-state index contributed by atoms with van der Waals surface area (Å²) < 4.78 is 0. The molecule has 12 heteroatoms. The number of likely N-dealkylation sites (N-methyl/N-ethyl adjacent to an activating group) is 1. The van der Waals surface area contributed by atoms with E-state index in [1.165, 1.54) is 0 Å². The number of rotatable bonds is 22. The number of hydrogen-bond acceptors (Lipinski definition) is 7. The van der Waals surface area contributed by atoms with Crippen LogP contribution in [0.15, 0.2) is 121 Å². The minimum atomic E-state index is -0.981. The molecule has 1 heterocycles. The van der Waals surface area contributed by atoms with Gasteiger partial charge in [0.15, 0.2) is 0 Å². The van der Waals surface area contributed by atoms with Gasteiger partial charge in [-0.1, -0.05) is 153 Å². The van der Waals surface area contributed by atoms with Crippen molar-refractivity contribution in [2.45, 2.75) is 120 Å². The fourth-order valence-corrected chi connectivity index (χ4v) is 9.52. The molecule has 346 valence electrons. The van der Waals surface area contributed by atoms with Crippen molar-refractivity contribution < 1.29 is 24.0 Å². The largest absolute Gasteiger partial charge is 0.355 e. The number of carbonyl (C=O) groups excluding carboxylic acids is 5. The van der Waals surface area contributed by atoms with Gasteiger partial charge in [-0.2, -0.15) is 0 Å². The minimum absolute atomic E-state index is 0.0118. The van der Waals surface area contributed by atoms with Crippen LogP contribution in [0.3, 0.4) is 0 Å². The number of likely N-dealkylation sites (tertiary alicyclic amines) is 1. The molecule has 4 aromatic carbocycles. The van der Waals surface area contributed by atoms with Crippen molar-refractivity contribution in [3.05, 3.63) is 144 Å². The number of nitrogens with one attached hydrogen (secondary N) is 5. The first-order valence-corrected chi connectivity index (χ1v) is 23.8. The Labute approximate surface area is 385 Å². The molecule has 65 heavy (non-hydrogen) atoms. The topological polar surface area (TPSA) is 175 Å². The van der Waals surface area contributed by atoms with Crippen molar-refractivity contribution in [3.63, 3.8) is 0 Å². The van der Waals surface area contributed by atoms with Crippen molar-refractivity contribution >= 4 is 29.5 Å². The molecule has 6 rings (SSSR count). The second kappa shape index (κ2) is 25.0. The summed E-state index contributed by atoms with van der Waals surface area (Å²) in [6.45, 7) is 3.05. The van der Waals surface area contributed by atoms with E-state index >= 15 is 0 Å². The summed E-state index contributed by atoms with van der Waals surface area (Å²) in [5, 5.41) is 15.3. The standard InChI is InChI=1S/C53H69N7O5/c1-37(55-2)49(61)58-47(42-31-18-9-19-32-42)53(65)60-36-22-33-43(60)50(62)59-48(45(40-27-14-7-15-28-40)41-29-16-8-17-30-41)52(64)57-35-21-4-3-20-34-56-51(63)46(54)44(38-23-10-5-11-24-38)39-25-12-6-13-26-39/h5-8,10-17,23-30,37,42-48,55H,3-4,9,18-22,31-36,54H2,1-2H3,(H,56,63)(H,57,64)(H,58,61)(H,59,62)/t37-,43+,46+,47+,48+/m1/s1. The van der Waals surface area contributed by atoms with Crippen LogP contribution in [0.25, 0.3) is 0 Å². The highest BCUT2D eigenvalue weighted by Crippen LogP contribution is 2.32. The average Bonchev–Trinajstić information content (AvgIpc) is 3.85. The zero-order valence-corrected chi connectivity index (χ0v) is 38.1. The highest BCUT2D eigenvalue weighted by molar-refractivity contribution is 5.96. The highest BCUT2D eigenvalue weighted by atomic mass is 16.2. The van der Waals surface area contributed by atoms with E-state index in [4.69, 9.17) is 5.73 Å². The number of nitrogens with zero attached hydrogens (tertiary/aromatic N) is 1. The quantitative estimate of drug-likeness (QED) is 0.0532. The molecule has 5 atom stereocenters. The van der Waals surface area contributed by atoms with E-state index in [0.717, 1.165) is 73.6 Å². The summed E-state index contributed by atoms with van der Waals surface area (Å²) in [4.78, 5) is 71.5. The molecule has 1 saturated carbocycles. The van der Waals surface area contributed by atoms with Crippen LogP contribution in [-0.4, -0.2) is 91.3 Å². The van der Waals surface area contributed by atoms with E-state index in [2.05, 4.69) is 26.6 Å². The molecule has 0 radical (unpaired) electrons. The van der Waals surface area contributed by atoms with Crippen LogP contribution in [0, 0.1) is 5.92 Å². The molecule has 2 aliphatic rings. The minimum Gasteiger partial charge on any atom is -0.355 e. The molecule has 0 aromatic heterocycles. The van der Waals surface area contributed by atoms with Crippen molar-refractivity contribution in [3.8, 4) is 0 Å². The third-order valence-electron chi connectivity index (χ3n) is 13.3. The van der Waals surface area contributed by atoms with Crippen LogP contribution in [0.4, 0.5) is 0 Å². The van der Waals surface area contributed by atoms with E-state index in [9.17, 15) is 24.0 Å². The molecule has 5 amide bonds. The SMILES string of the molecule is CN[C@H](C)C(=O)N[C@H](C(=O)N1CCC[C@H]1C(=O)N[C@H](C(=O)NCCCCCCNC(=O)[C@@H](N)C(c1ccccc1)c1ccccc1)C(c1ccccc1)c1ccccc1)C1CCCCC1. The van der Waals surface area contributed by atoms with Gasteiger partial charge in [0, 0.05) is 31.5 Å². The van der Waals surface area contributed by atoms with E-state index in [-0.39, 0.29) is 41.4 Å². The van der Waals surface area contributed by atoms with E-state index in [1.54, 1.807) is 18.9 Å². The van der Waals surface area contributed by atoms with E-state index in [0.29, 0.717) is 38.9 Å². The van der Waals surface area contributed by atoms with Crippen molar-refractivity contribution in [2.75, 3.05) is 26.7 Å². The molecule has 4 aromatic rings. The van der Waals surface area contributed by atoms with Crippen molar-refractivity contribution in [1.82, 2.24) is 31.5 Å². The lowest BCUT2D eigenvalue weighted by Crippen LogP contribution is -2.59. The Kier molecular flexibility index (Phi) is 18.7. The molecule has 1 aliphatic heterocycles. The Morgan fingerprint density at radius 2 is 1.06 bits per heavy atom. The maximum atomic E-state index is 14.5. The van der Waals surface area contributed by atoms with Crippen LogP contribution >= 0.6 is 0 Å². The smallest absolute Gasteiger partial charge is 0.246 e. The maximum absolute atomic E-state index is 14.5. The first-order chi connectivity index (χ1) is 31.7. The lowest BCUT2D eigenvalue weighted by Gasteiger charge is -2.36. The summed E-state index contributed by atoms with van der Waals surface area (Å²) in [6, 6.07) is 35.4. The summed E-state index contributed by atoms with van der Waals surface area (Å²) >= 11 is 0. The van der Waals surface area contributed by atoms with Crippen molar-refractivity contribution in [1.29, 1.82) is 0 Å². The van der Waals surface area contributed by atoms with E-state index in [1.807, 2.05) is 121 Å². The molecular weight excluding hydrogens is 815 g/mol. The third-order valence-corrected chi connectivity index (χ3v) is 13.3. The van der Waals surface area contributed by atoms with Gasteiger partial charge < -0.3 is 37.2 Å². The number of amides is 5. The van der Waals surface area contributed by atoms with Gasteiger partial charge in [0.2, 0.25) is 29.5 Å². The van der Waals surface area contributed by atoms with Gasteiger partial charge in [0.25, 0.3) is 0 Å². The van der Waals surface area contributed by atoms with Gasteiger partial charge in [-0.25, -0.2) is 0 Å². The van der Waals surface area contributed by atoms with Crippen molar-refractivity contribution in [2.24, 2.45) is 11.7 Å². The van der Waals surface area contributed by atoms with E-state index < -0.39 is 36.1 Å². The lowest BCUT2D eigenvalue weighted by molar-refractivity contribution is -0.143. The third kappa shape index (κ3) is 13.4. The van der Waals surface area contributed by atoms with Crippen LogP contribution in [-0.2, 0) is 24.0 Å². The van der Waals surface area contributed by atoms with Gasteiger partial charge >= 0.3 is 0 Å². The Bertz CT molecular complexity index is 2020. The summed E-state index contributed by atoms with van der Waals surface area (Å²) in [5.74, 6) is -2.17. The Morgan fingerprint density at radius 1 is 0.585 bits per heavy atom. The van der Waals surface area contributed by atoms with Gasteiger partial charge in [0.1, 0.15) is 18.1 Å². The number of nitrogens with two attached hydrogens (primary N) is 1. The number of benzene rings is 4. The highest BCUT2D eigenvalue weighted by Gasteiger charge is 2.43. The molecule has 2 fully saturated rings. The fraction of sp³-hybridized carbons (Fsp3) is 0.453. The molecule has 0 unspecified atom stereocenters. The van der Waals surface area contributed by atoms with Crippen LogP contribution in [0.2, 0.25) is 0 Å². The predicted octanol–water partition coefficient (Wildman–Crippen LogP) is 5.92. The molecular formula is C53H69N7O5. The first kappa shape index (κ1) is 48.6. The molecule has 0 bridgehead atoms. The van der Waals surface area contributed by atoms with Gasteiger partial charge in [0.05, 0.1) is 12.1 Å². The summed E-state index contributed by atoms with van der Waals surface area (Å²) in [7, 11) is 1.71. The number of unbranched alkanes of at least 4 members (excludes halogenated alkanes) is 3. The number of hydrogen-bond donors (Lipinski definition) is 6. The normalized spacial score (nSPS) is 17.2. The Balaban J connectivity index is 1.08. The van der Waals surface area contributed by atoms with Crippen LogP contribution in [0.5, 0.6) is 0 Å². The zero-order chi connectivity index (χ0) is 46.0. The monoisotopic (exact) mass is 884 g/mol. The summed E-state index contributed by atoms with van der Waals surface area (Å²) in [6.07, 6.45) is 8.97. The average molecular weight is 884 g/mol. The Hall–Kier alpha value is -5.85. The Morgan fingerprint density at radius 3 is 1.55 bits per heavy atom. The zero-order valence-electron chi connectivity index (χ0n) is 38.1. The molecule has 0 spiro atoms. The van der Waals surface area contributed by atoms with Gasteiger partial charge in [-0.05, 0) is 80.7 Å².